The van der Waals surface area contributed by atoms with E-state index < -0.39 is 36.6 Å². The minimum Gasteiger partial charge on any atom is -0.279 e. The number of halogens is 2. The summed E-state index contributed by atoms with van der Waals surface area (Å²) in [5, 5.41) is 0. The highest BCUT2D eigenvalue weighted by Gasteiger charge is 2.24. The van der Waals surface area contributed by atoms with Crippen LogP contribution in [0.25, 0.3) is 0 Å². The van der Waals surface area contributed by atoms with E-state index in [0.717, 1.165) is 24.6 Å². The number of nitrogens with zero attached hydrogens (tertiary/aromatic N) is 1. The van der Waals surface area contributed by atoms with E-state index in [2.05, 4.69) is 0 Å². The number of nitrogens with one attached hydrogen (secondary N) is 1. The summed E-state index contributed by atoms with van der Waals surface area (Å²) in [5.74, 6) is -2.45. The Morgan fingerprint density at radius 2 is 1.52 bits per heavy atom. The van der Waals surface area contributed by atoms with E-state index in [1.807, 2.05) is 11.6 Å². The summed E-state index contributed by atoms with van der Waals surface area (Å²) in [6, 6.07) is 7.62. The van der Waals surface area contributed by atoms with Gasteiger partial charge in [-0.1, -0.05) is 19.4 Å². The van der Waals surface area contributed by atoms with Crippen molar-refractivity contribution in [1.82, 2.24) is 4.31 Å². The topological polar surface area (TPSA) is 83.6 Å². The zero-order valence-electron chi connectivity index (χ0n) is 14.8. The molecule has 0 spiro atoms. The predicted octanol–water partition coefficient (Wildman–Crippen LogP) is 3.19. The van der Waals surface area contributed by atoms with Crippen LogP contribution in [0.1, 0.15) is 19.8 Å². The lowest BCUT2D eigenvalue weighted by molar-refractivity contribution is 0.459. The molecule has 2 rings (SSSR count). The molecule has 0 aliphatic rings. The monoisotopic (exact) mass is 418 g/mol. The van der Waals surface area contributed by atoms with Gasteiger partial charge in [0.25, 0.3) is 10.0 Å². The number of unbranched alkanes of at least 4 members (excludes halogenated alkanes) is 1. The second-order valence-corrected chi connectivity index (χ2v) is 9.52. The minimum absolute atomic E-state index is 0.0128. The summed E-state index contributed by atoms with van der Waals surface area (Å²) in [7, 11) is -6.75. The summed E-state index contributed by atoms with van der Waals surface area (Å²) in [5.41, 5.74) is -0.0205. The van der Waals surface area contributed by atoms with Crippen LogP contribution in [-0.2, 0) is 20.0 Å². The summed E-state index contributed by atoms with van der Waals surface area (Å²) >= 11 is 0. The predicted molar refractivity (Wildman–Crippen MR) is 98.3 cm³/mol. The molecule has 0 bridgehead atoms. The molecular weight excluding hydrogens is 398 g/mol. The normalized spacial score (nSPS) is 12.3. The fraction of sp³-hybridized carbons (Fsp3) is 0.294. The Hall–Kier alpha value is -2.04. The van der Waals surface area contributed by atoms with E-state index in [0.29, 0.717) is 13.0 Å². The van der Waals surface area contributed by atoms with Gasteiger partial charge in [0.2, 0.25) is 10.0 Å². The highest BCUT2D eigenvalue weighted by molar-refractivity contribution is 7.92. The van der Waals surface area contributed by atoms with Crippen LogP contribution >= 0.6 is 0 Å². The molecular formula is C17H20F2N2O4S2. The van der Waals surface area contributed by atoms with Crippen molar-refractivity contribution < 1.29 is 25.6 Å². The molecule has 0 saturated heterocycles. The SMILES string of the molecule is CCCCN(C)S(=O)(=O)c1ccc(NS(=O)(=O)c2c(F)cccc2F)cc1. The molecule has 0 aromatic heterocycles. The van der Waals surface area contributed by atoms with E-state index >= 15 is 0 Å². The number of hydrogen-bond donors (Lipinski definition) is 1. The van der Waals surface area contributed by atoms with Crippen LogP contribution in [0, 0.1) is 11.6 Å². The zero-order valence-corrected chi connectivity index (χ0v) is 16.4. The van der Waals surface area contributed by atoms with Crippen LogP contribution in [0.4, 0.5) is 14.5 Å². The van der Waals surface area contributed by atoms with Gasteiger partial charge >= 0.3 is 0 Å². The standard InChI is InChI=1S/C17H20F2N2O4S2/c1-3-4-12-21(2)27(24,25)14-10-8-13(9-11-14)20-26(22,23)17-15(18)6-5-7-16(17)19/h5-11,20H,3-4,12H2,1-2H3. The van der Waals surface area contributed by atoms with E-state index in [-0.39, 0.29) is 10.6 Å². The van der Waals surface area contributed by atoms with Gasteiger partial charge in [0.15, 0.2) is 4.90 Å². The second-order valence-electron chi connectivity index (χ2n) is 5.86. The third-order valence-corrected chi connectivity index (χ3v) is 7.13. The van der Waals surface area contributed by atoms with Gasteiger partial charge in [-0.05, 0) is 42.8 Å². The van der Waals surface area contributed by atoms with Crippen molar-refractivity contribution in [2.24, 2.45) is 0 Å². The Bertz CT molecular complexity index is 987. The number of sulfonamides is 2. The quantitative estimate of drug-likeness (QED) is 0.714. The van der Waals surface area contributed by atoms with Crippen molar-refractivity contribution in [2.45, 2.75) is 29.6 Å². The van der Waals surface area contributed by atoms with Gasteiger partial charge < -0.3 is 0 Å². The van der Waals surface area contributed by atoms with Gasteiger partial charge in [-0.25, -0.2) is 29.9 Å². The zero-order chi connectivity index (χ0) is 20.2. The molecule has 0 heterocycles. The smallest absolute Gasteiger partial charge is 0.267 e. The maximum Gasteiger partial charge on any atom is 0.267 e. The average molecular weight is 418 g/mol. The van der Waals surface area contributed by atoms with Gasteiger partial charge in [-0.2, -0.15) is 0 Å². The first-order valence-electron chi connectivity index (χ1n) is 8.13. The lowest BCUT2D eigenvalue weighted by Gasteiger charge is -2.17. The van der Waals surface area contributed by atoms with E-state index in [9.17, 15) is 25.6 Å². The molecule has 27 heavy (non-hydrogen) atoms. The maximum absolute atomic E-state index is 13.7. The molecule has 0 saturated carbocycles. The average Bonchev–Trinajstić information content (AvgIpc) is 2.59. The fourth-order valence-corrected chi connectivity index (χ4v) is 4.73. The Labute approximate surface area is 157 Å². The van der Waals surface area contributed by atoms with Crippen LogP contribution in [-0.4, -0.2) is 34.7 Å². The Morgan fingerprint density at radius 1 is 0.963 bits per heavy atom. The van der Waals surface area contributed by atoms with Crippen LogP contribution in [0.3, 0.4) is 0 Å². The third-order valence-electron chi connectivity index (χ3n) is 3.83. The molecule has 0 amide bonds. The second kappa shape index (κ2) is 8.32. The van der Waals surface area contributed by atoms with Gasteiger partial charge in [0.1, 0.15) is 11.6 Å². The molecule has 0 aliphatic heterocycles. The molecule has 148 valence electrons. The number of rotatable bonds is 8. The van der Waals surface area contributed by atoms with E-state index in [4.69, 9.17) is 0 Å². The van der Waals surface area contributed by atoms with Gasteiger partial charge in [0.05, 0.1) is 4.90 Å². The summed E-state index contributed by atoms with van der Waals surface area (Å²) in [6.07, 6.45) is 1.55. The van der Waals surface area contributed by atoms with Gasteiger partial charge in [-0.15, -0.1) is 0 Å². The molecule has 0 atom stereocenters. The Kier molecular flexibility index (Phi) is 6.55. The largest absolute Gasteiger partial charge is 0.279 e. The summed E-state index contributed by atoms with van der Waals surface area (Å²) in [4.78, 5) is -1.11. The maximum atomic E-state index is 13.7. The molecule has 6 nitrogen and oxygen atoms in total. The Morgan fingerprint density at radius 3 is 2.04 bits per heavy atom. The van der Waals surface area contributed by atoms with Crippen molar-refractivity contribution in [1.29, 1.82) is 0 Å². The highest BCUT2D eigenvalue weighted by atomic mass is 32.2. The molecule has 10 heteroatoms. The first-order chi connectivity index (χ1) is 12.6. The highest BCUT2D eigenvalue weighted by Crippen LogP contribution is 2.23. The third kappa shape index (κ3) is 4.82. The first kappa shape index (κ1) is 21.3. The van der Waals surface area contributed by atoms with Crippen LogP contribution in [0.2, 0.25) is 0 Å². The van der Waals surface area contributed by atoms with Crippen molar-refractivity contribution in [3.8, 4) is 0 Å². The number of benzene rings is 2. The van der Waals surface area contributed by atoms with Crippen LogP contribution in [0.15, 0.2) is 52.3 Å². The van der Waals surface area contributed by atoms with Crippen molar-refractivity contribution >= 4 is 25.7 Å². The van der Waals surface area contributed by atoms with Gasteiger partial charge in [0, 0.05) is 19.3 Å². The van der Waals surface area contributed by atoms with Crippen molar-refractivity contribution in [3.63, 3.8) is 0 Å². The Balaban J connectivity index is 2.25. The fourth-order valence-electron chi connectivity index (χ4n) is 2.32. The summed E-state index contributed by atoms with van der Waals surface area (Å²) in [6.45, 7) is 2.31. The lowest BCUT2D eigenvalue weighted by Crippen LogP contribution is -2.27. The minimum atomic E-state index is -4.51. The molecule has 0 radical (unpaired) electrons. The molecule has 0 unspecified atom stereocenters. The number of anilines is 1. The van der Waals surface area contributed by atoms with E-state index in [1.165, 1.54) is 35.6 Å². The first-order valence-corrected chi connectivity index (χ1v) is 11.0. The number of hydrogen-bond acceptors (Lipinski definition) is 4. The molecule has 1 N–H and O–H groups in total. The van der Waals surface area contributed by atoms with Crippen LogP contribution in [0.5, 0.6) is 0 Å². The summed E-state index contributed by atoms with van der Waals surface area (Å²) < 4.78 is 80.0. The molecule has 0 fully saturated rings. The molecule has 2 aromatic rings. The molecule has 0 aliphatic carbocycles. The van der Waals surface area contributed by atoms with E-state index in [1.54, 1.807) is 0 Å². The molecule has 2 aromatic carbocycles. The lowest BCUT2D eigenvalue weighted by atomic mass is 10.3. The van der Waals surface area contributed by atoms with Crippen molar-refractivity contribution in [2.75, 3.05) is 18.3 Å². The van der Waals surface area contributed by atoms with Crippen molar-refractivity contribution in [3.05, 3.63) is 54.1 Å². The van der Waals surface area contributed by atoms with Crippen LogP contribution < -0.4 is 4.72 Å². The van der Waals surface area contributed by atoms with Gasteiger partial charge in [-0.3, -0.25) is 4.72 Å².